The van der Waals surface area contributed by atoms with Crippen LogP contribution < -0.4 is 0 Å². The molecule has 0 amide bonds. The molecule has 130 valence electrons. The fraction of sp³-hybridized carbons (Fsp3) is 0.923. The predicted molar refractivity (Wildman–Crippen MR) is 82.7 cm³/mol. The summed E-state index contributed by atoms with van der Waals surface area (Å²) in [6.45, 7) is 6.94. The van der Waals surface area contributed by atoms with Crippen LogP contribution >= 0.6 is 0 Å². The van der Waals surface area contributed by atoms with Gasteiger partial charge in [-0.1, -0.05) is 0 Å². The van der Waals surface area contributed by atoms with E-state index in [9.17, 15) is 13.2 Å². The highest BCUT2D eigenvalue weighted by Crippen LogP contribution is 2.11. The molecule has 0 atom stereocenters. The Labute approximate surface area is 133 Å². The lowest BCUT2D eigenvalue weighted by Gasteiger charge is -2.32. The van der Waals surface area contributed by atoms with Crippen molar-refractivity contribution >= 4 is 16.2 Å². The number of hydrogen-bond donors (Lipinski definition) is 0. The van der Waals surface area contributed by atoms with Gasteiger partial charge < -0.3 is 9.47 Å². The summed E-state index contributed by atoms with van der Waals surface area (Å²) in [5.41, 5.74) is 0. The number of morpholine rings is 1. The maximum Gasteiger partial charge on any atom is 0.321 e. The van der Waals surface area contributed by atoms with Crippen LogP contribution in [-0.4, -0.2) is 94.0 Å². The molecule has 0 aromatic carbocycles. The highest BCUT2D eigenvalue weighted by atomic mass is 32.2. The van der Waals surface area contributed by atoms with Crippen molar-refractivity contribution in [3.8, 4) is 0 Å². The van der Waals surface area contributed by atoms with Gasteiger partial charge in [-0.15, -0.1) is 0 Å². The van der Waals surface area contributed by atoms with E-state index in [0.717, 1.165) is 13.1 Å². The lowest BCUT2D eigenvalue weighted by atomic mass is 10.4. The van der Waals surface area contributed by atoms with Crippen molar-refractivity contribution in [1.82, 2.24) is 13.5 Å². The van der Waals surface area contributed by atoms with Gasteiger partial charge in [-0.05, 0) is 13.8 Å². The SMILES string of the molecule is COC(=O)CN(CCN1CCOCC1)S(=O)(=O)N(C)C(C)C. The molecule has 1 aliphatic rings. The number of hydrogen-bond acceptors (Lipinski definition) is 6. The van der Waals surface area contributed by atoms with Gasteiger partial charge in [0.1, 0.15) is 6.54 Å². The minimum atomic E-state index is -3.70. The van der Waals surface area contributed by atoms with Crippen LogP contribution in [0.2, 0.25) is 0 Å². The van der Waals surface area contributed by atoms with Crippen LogP contribution in [0.1, 0.15) is 13.8 Å². The number of ether oxygens (including phenoxy) is 2. The van der Waals surface area contributed by atoms with E-state index in [-0.39, 0.29) is 19.1 Å². The van der Waals surface area contributed by atoms with Crippen molar-refractivity contribution in [2.45, 2.75) is 19.9 Å². The molecule has 0 spiro atoms. The number of nitrogens with zero attached hydrogens (tertiary/aromatic N) is 3. The third-order valence-electron chi connectivity index (χ3n) is 3.72. The normalized spacial score (nSPS) is 17.4. The maximum absolute atomic E-state index is 12.6. The predicted octanol–water partition coefficient (Wildman–Crippen LogP) is -0.621. The zero-order valence-corrected chi connectivity index (χ0v) is 14.6. The number of carbonyl (C=O) groups excluding carboxylic acids is 1. The first-order valence-corrected chi connectivity index (χ1v) is 8.78. The Kier molecular flexibility index (Phi) is 7.70. The van der Waals surface area contributed by atoms with E-state index in [1.54, 1.807) is 13.8 Å². The lowest BCUT2D eigenvalue weighted by Crippen LogP contribution is -2.50. The molecule has 1 heterocycles. The molecular weight excluding hydrogens is 310 g/mol. The van der Waals surface area contributed by atoms with Crippen LogP contribution in [0.5, 0.6) is 0 Å². The largest absolute Gasteiger partial charge is 0.468 e. The van der Waals surface area contributed by atoms with Crippen LogP contribution in [0.15, 0.2) is 0 Å². The molecule has 9 heteroatoms. The Bertz CT molecular complexity index is 449. The van der Waals surface area contributed by atoms with Crippen molar-refractivity contribution in [2.75, 3.05) is 60.1 Å². The quantitative estimate of drug-likeness (QED) is 0.549. The van der Waals surface area contributed by atoms with Gasteiger partial charge in [0.15, 0.2) is 0 Å². The maximum atomic E-state index is 12.6. The fourth-order valence-corrected chi connectivity index (χ4v) is 3.49. The van der Waals surface area contributed by atoms with E-state index < -0.39 is 16.2 Å². The average molecular weight is 337 g/mol. The third-order valence-corrected chi connectivity index (χ3v) is 5.83. The summed E-state index contributed by atoms with van der Waals surface area (Å²) in [5.74, 6) is -0.567. The molecule has 1 fully saturated rings. The average Bonchev–Trinajstić information content (AvgIpc) is 2.50. The summed E-state index contributed by atoms with van der Waals surface area (Å²) < 4.78 is 37.5. The van der Waals surface area contributed by atoms with Crippen molar-refractivity contribution in [2.24, 2.45) is 0 Å². The van der Waals surface area contributed by atoms with Gasteiger partial charge in [0.25, 0.3) is 10.2 Å². The number of esters is 1. The summed E-state index contributed by atoms with van der Waals surface area (Å²) in [5, 5.41) is 0. The monoisotopic (exact) mass is 337 g/mol. The minimum absolute atomic E-state index is 0.187. The molecule has 0 unspecified atom stereocenters. The summed E-state index contributed by atoms with van der Waals surface area (Å²) in [7, 11) is -0.934. The first-order valence-electron chi connectivity index (χ1n) is 7.39. The Morgan fingerprint density at radius 2 is 1.91 bits per heavy atom. The van der Waals surface area contributed by atoms with Crippen LogP contribution in [-0.2, 0) is 24.5 Å². The molecule has 0 N–H and O–H groups in total. The van der Waals surface area contributed by atoms with Crippen molar-refractivity contribution in [3.05, 3.63) is 0 Å². The first-order chi connectivity index (χ1) is 10.3. The fourth-order valence-electron chi connectivity index (χ4n) is 2.01. The van der Waals surface area contributed by atoms with Gasteiger partial charge >= 0.3 is 5.97 Å². The molecular formula is C13H27N3O5S. The first kappa shape index (κ1) is 19.3. The van der Waals surface area contributed by atoms with Crippen molar-refractivity contribution in [1.29, 1.82) is 0 Å². The summed E-state index contributed by atoms with van der Waals surface area (Å²) in [6.07, 6.45) is 0. The second-order valence-electron chi connectivity index (χ2n) is 5.48. The number of methoxy groups -OCH3 is 1. The van der Waals surface area contributed by atoms with Crippen LogP contribution in [0.3, 0.4) is 0 Å². The topological polar surface area (TPSA) is 79.4 Å². The molecule has 0 bridgehead atoms. The van der Waals surface area contributed by atoms with Gasteiger partial charge in [-0.3, -0.25) is 9.69 Å². The molecule has 0 radical (unpaired) electrons. The zero-order valence-electron chi connectivity index (χ0n) is 13.8. The minimum Gasteiger partial charge on any atom is -0.468 e. The van der Waals surface area contributed by atoms with Gasteiger partial charge in [0.2, 0.25) is 0 Å². The van der Waals surface area contributed by atoms with Crippen molar-refractivity contribution < 1.29 is 22.7 Å². The van der Waals surface area contributed by atoms with Crippen LogP contribution in [0.25, 0.3) is 0 Å². The smallest absolute Gasteiger partial charge is 0.321 e. The zero-order chi connectivity index (χ0) is 16.8. The molecule has 0 aromatic heterocycles. The van der Waals surface area contributed by atoms with Crippen molar-refractivity contribution in [3.63, 3.8) is 0 Å². The number of carbonyl (C=O) groups is 1. The second-order valence-corrected chi connectivity index (χ2v) is 7.47. The Hall–Kier alpha value is -0.740. The molecule has 0 saturated carbocycles. The summed E-state index contributed by atoms with van der Waals surface area (Å²) >= 11 is 0. The number of rotatable bonds is 8. The Morgan fingerprint density at radius 3 is 2.41 bits per heavy atom. The standard InChI is InChI=1S/C13H27N3O5S/c1-12(2)14(3)22(18,19)16(11-13(17)20-4)6-5-15-7-9-21-10-8-15/h12H,5-11H2,1-4H3. The molecule has 8 nitrogen and oxygen atoms in total. The molecule has 1 rings (SSSR count). The van der Waals surface area contributed by atoms with E-state index in [2.05, 4.69) is 9.64 Å². The molecule has 1 aliphatic heterocycles. The van der Waals surface area contributed by atoms with Gasteiger partial charge in [-0.25, -0.2) is 0 Å². The van der Waals surface area contributed by atoms with Gasteiger partial charge in [-0.2, -0.15) is 17.0 Å². The molecule has 0 aromatic rings. The summed E-state index contributed by atoms with van der Waals surface area (Å²) in [6, 6.07) is -0.187. The Balaban J connectivity index is 2.76. The van der Waals surface area contributed by atoms with E-state index in [1.165, 1.54) is 22.8 Å². The van der Waals surface area contributed by atoms with E-state index in [4.69, 9.17) is 4.74 Å². The van der Waals surface area contributed by atoms with Gasteiger partial charge in [0, 0.05) is 39.3 Å². The van der Waals surface area contributed by atoms with Crippen LogP contribution in [0.4, 0.5) is 0 Å². The van der Waals surface area contributed by atoms with Crippen LogP contribution in [0, 0.1) is 0 Å². The molecule has 1 saturated heterocycles. The van der Waals surface area contributed by atoms with E-state index in [0.29, 0.717) is 19.8 Å². The third kappa shape index (κ3) is 5.47. The summed E-state index contributed by atoms with van der Waals surface area (Å²) in [4.78, 5) is 13.7. The van der Waals surface area contributed by atoms with Gasteiger partial charge in [0.05, 0.1) is 20.3 Å². The second kappa shape index (κ2) is 8.78. The van der Waals surface area contributed by atoms with E-state index in [1.807, 2.05) is 0 Å². The van der Waals surface area contributed by atoms with E-state index >= 15 is 0 Å². The highest BCUT2D eigenvalue weighted by Gasteiger charge is 2.31. The highest BCUT2D eigenvalue weighted by molar-refractivity contribution is 7.86. The molecule has 22 heavy (non-hydrogen) atoms. The lowest BCUT2D eigenvalue weighted by molar-refractivity contribution is -0.140. The molecule has 0 aliphatic carbocycles. The Morgan fingerprint density at radius 1 is 1.32 bits per heavy atom.